The molecule has 0 radical (unpaired) electrons. The molecular weight excluding hydrogens is 220 g/mol. The van der Waals surface area contributed by atoms with Gasteiger partial charge in [-0.05, 0) is 55.9 Å². The molecule has 1 aliphatic carbocycles. The van der Waals surface area contributed by atoms with Crippen LogP contribution >= 0.6 is 0 Å². The van der Waals surface area contributed by atoms with Gasteiger partial charge in [-0.15, -0.1) is 0 Å². The monoisotopic (exact) mass is 240 g/mol. The Labute approximate surface area is 108 Å². The number of pyridine rings is 1. The number of fused-ring (bicyclic) bond motifs is 2. The van der Waals surface area contributed by atoms with Crippen molar-refractivity contribution in [3.63, 3.8) is 0 Å². The molecule has 94 valence electrons. The first kappa shape index (κ1) is 11.5. The maximum Gasteiger partial charge on any atom is 0.0726 e. The Kier molecular flexibility index (Phi) is 2.94. The van der Waals surface area contributed by atoms with Crippen molar-refractivity contribution >= 4 is 16.6 Å². The summed E-state index contributed by atoms with van der Waals surface area (Å²) >= 11 is 0. The second-order valence-corrected chi connectivity index (χ2v) is 5.00. The molecule has 2 heteroatoms. The third-order valence-electron chi connectivity index (χ3n) is 3.84. The highest BCUT2D eigenvalue weighted by molar-refractivity contribution is 5.94. The lowest BCUT2D eigenvalue weighted by molar-refractivity contribution is 0.901. The third kappa shape index (κ3) is 1.76. The van der Waals surface area contributed by atoms with Crippen molar-refractivity contribution in [3.8, 4) is 0 Å². The Morgan fingerprint density at radius 2 is 2.11 bits per heavy atom. The highest BCUT2D eigenvalue weighted by Crippen LogP contribution is 2.34. The highest BCUT2D eigenvalue weighted by Gasteiger charge is 2.19. The number of rotatable bonds is 3. The van der Waals surface area contributed by atoms with Crippen molar-refractivity contribution in [2.45, 2.75) is 39.5 Å². The van der Waals surface area contributed by atoms with Crippen LogP contribution in [0.25, 0.3) is 10.9 Å². The zero-order chi connectivity index (χ0) is 12.5. The number of aromatic nitrogens is 1. The minimum Gasteiger partial charge on any atom is -0.384 e. The van der Waals surface area contributed by atoms with Crippen molar-refractivity contribution in [2.75, 3.05) is 11.9 Å². The number of nitrogens with zero attached hydrogens (tertiary/aromatic N) is 1. The Hall–Kier alpha value is -1.57. The maximum absolute atomic E-state index is 4.83. The van der Waals surface area contributed by atoms with Gasteiger partial charge in [0.2, 0.25) is 0 Å². The molecule has 18 heavy (non-hydrogen) atoms. The number of hydrogen-bond donors (Lipinski definition) is 1. The summed E-state index contributed by atoms with van der Waals surface area (Å²) < 4.78 is 0. The van der Waals surface area contributed by atoms with Gasteiger partial charge in [-0.2, -0.15) is 0 Å². The number of aryl methyl sites for hydroxylation is 2. The number of anilines is 1. The maximum atomic E-state index is 4.83. The van der Waals surface area contributed by atoms with Gasteiger partial charge < -0.3 is 5.32 Å². The van der Waals surface area contributed by atoms with Crippen LogP contribution < -0.4 is 5.32 Å². The second-order valence-electron chi connectivity index (χ2n) is 5.00. The fourth-order valence-electron chi connectivity index (χ4n) is 2.91. The Bertz CT molecular complexity index is 587. The molecule has 3 rings (SSSR count). The van der Waals surface area contributed by atoms with Gasteiger partial charge in [0, 0.05) is 23.3 Å². The van der Waals surface area contributed by atoms with E-state index in [0.29, 0.717) is 0 Å². The van der Waals surface area contributed by atoms with Gasteiger partial charge in [0.15, 0.2) is 0 Å². The lowest BCUT2D eigenvalue weighted by Crippen LogP contribution is -2.03. The molecular formula is C16H20N2. The van der Waals surface area contributed by atoms with Crippen molar-refractivity contribution in [2.24, 2.45) is 0 Å². The molecule has 2 nitrogen and oxygen atoms in total. The average Bonchev–Trinajstić information content (AvgIpc) is 2.86. The molecule has 0 saturated carbocycles. The van der Waals surface area contributed by atoms with Crippen molar-refractivity contribution in [1.29, 1.82) is 0 Å². The molecule has 0 spiro atoms. The standard InChI is InChI=1S/C16H20N2/c1-3-11-8-9-15-13(10-11)16(17-4-2)12-6-5-7-14(12)18-15/h8-10H,3-7H2,1-2H3,(H,17,18). The molecule has 0 saturated heterocycles. The average molecular weight is 240 g/mol. The van der Waals surface area contributed by atoms with E-state index in [4.69, 9.17) is 4.98 Å². The van der Waals surface area contributed by atoms with Gasteiger partial charge in [-0.1, -0.05) is 13.0 Å². The zero-order valence-electron chi connectivity index (χ0n) is 11.2. The van der Waals surface area contributed by atoms with E-state index in [1.165, 1.54) is 40.7 Å². The minimum atomic E-state index is 0.974. The molecule has 2 aromatic rings. The summed E-state index contributed by atoms with van der Waals surface area (Å²) in [6.07, 6.45) is 4.65. The number of benzene rings is 1. The summed E-state index contributed by atoms with van der Waals surface area (Å²) in [5, 5.41) is 4.86. The van der Waals surface area contributed by atoms with Gasteiger partial charge in [-0.3, -0.25) is 4.98 Å². The first-order valence-electron chi connectivity index (χ1n) is 7.01. The number of hydrogen-bond acceptors (Lipinski definition) is 2. The Morgan fingerprint density at radius 1 is 1.22 bits per heavy atom. The SMILES string of the molecule is CCNc1c2c(nc3ccc(CC)cc13)CCC2. The first-order valence-corrected chi connectivity index (χ1v) is 7.01. The smallest absolute Gasteiger partial charge is 0.0726 e. The molecule has 0 bridgehead atoms. The summed E-state index contributed by atoms with van der Waals surface area (Å²) in [5.74, 6) is 0. The third-order valence-corrected chi connectivity index (χ3v) is 3.84. The van der Waals surface area contributed by atoms with Crippen LogP contribution in [0.2, 0.25) is 0 Å². The van der Waals surface area contributed by atoms with Gasteiger partial charge in [0.1, 0.15) is 0 Å². The van der Waals surface area contributed by atoms with Crippen LogP contribution in [0, 0.1) is 0 Å². The van der Waals surface area contributed by atoms with Crippen LogP contribution in [0.3, 0.4) is 0 Å². The van der Waals surface area contributed by atoms with E-state index in [0.717, 1.165) is 24.9 Å². The van der Waals surface area contributed by atoms with Crippen LogP contribution in [0.4, 0.5) is 5.69 Å². The zero-order valence-corrected chi connectivity index (χ0v) is 11.2. The molecule has 0 atom stereocenters. The van der Waals surface area contributed by atoms with E-state index < -0.39 is 0 Å². The number of nitrogens with one attached hydrogen (secondary N) is 1. The predicted molar refractivity (Wildman–Crippen MR) is 77.3 cm³/mol. The lowest BCUT2D eigenvalue weighted by Gasteiger charge is -2.14. The minimum absolute atomic E-state index is 0.974. The largest absolute Gasteiger partial charge is 0.384 e. The van der Waals surface area contributed by atoms with Crippen LogP contribution in [-0.4, -0.2) is 11.5 Å². The van der Waals surface area contributed by atoms with Gasteiger partial charge >= 0.3 is 0 Å². The Balaban J connectivity index is 2.28. The fourth-order valence-corrected chi connectivity index (χ4v) is 2.91. The lowest BCUT2D eigenvalue weighted by atomic mass is 10.0. The molecule has 0 amide bonds. The quantitative estimate of drug-likeness (QED) is 0.884. The van der Waals surface area contributed by atoms with E-state index in [2.05, 4.69) is 37.4 Å². The molecule has 1 aromatic carbocycles. The highest BCUT2D eigenvalue weighted by atomic mass is 14.9. The summed E-state index contributed by atoms with van der Waals surface area (Å²) in [6, 6.07) is 6.68. The van der Waals surface area contributed by atoms with E-state index in [1.54, 1.807) is 0 Å². The van der Waals surface area contributed by atoms with Gasteiger partial charge in [0.05, 0.1) is 5.52 Å². The van der Waals surface area contributed by atoms with Crippen molar-refractivity contribution in [1.82, 2.24) is 4.98 Å². The van der Waals surface area contributed by atoms with E-state index in [-0.39, 0.29) is 0 Å². The van der Waals surface area contributed by atoms with Crippen LogP contribution in [0.1, 0.15) is 37.1 Å². The molecule has 1 N–H and O–H groups in total. The Morgan fingerprint density at radius 3 is 2.89 bits per heavy atom. The van der Waals surface area contributed by atoms with Crippen molar-refractivity contribution in [3.05, 3.63) is 35.0 Å². The van der Waals surface area contributed by atoms with E-state index in [1.807, 2.05) is 0 Å². The predicted octanol–water partition coefficient (Wildman–Crippen LogP) is 3.72. The molecule has 1 aliphatic rings. The summed E-state index contributed by atoms with van der Waals surface area (Å²) in [5.41, 5.74) is 6.64. The second kappa shape index (κ2) is 4.60. The van der Waals surface area contributed by atoms with Crippen LogP contribution in [0.15, 0.2) is 18.2 Å². The molecule has 0 aliphatic heterocycles. The van der Waals surface area contributed by atoms with Gasteiger partial charge in [-0.25, -0.2) is 0 Å². The van der Waals surface area contributed by atoms with Gasteiger partial charge in [0.25, 0.3) is 0 Å². The van der Waals surface area contributed by atoms with Crippen LogP contribution in [-0.2, 0) is 19.3 Å². The molecule has 0 fully saturated rings. The molecule has 0 unspecified atom stereocenters. The normalized spacial score (nSPS) is 13.9. The van der Waals surface area contributed by atoms with Crippen LogP contribution in [0.5, 0.6) is 0 Å². The topological polar surface area (TPSA) is 24.9 Å². The summed E-state index contributed by atoms with van der Waals surface area (Å²) in [6.45, 7) is 5.34. The van der Waals surface area contributed by atoms with Crippen molar-refractivity contribution < 1.29 is 0 Å². The first-order chi connectivity index (χ1) is 8.83. The summed E-state index contributed by atoms with van der Waals surface area (Å²) in [4.78, 5) is 4.83. The van der Waals surface area contributed by atoms with E-state index in [9.17, 15) is 0 Å². The molecule has 1 aromatic heterocycles. The fraction of sp³-hybridized carbons (Fsp3) is 0.438. The van der Waals surface area contributed by atoms with E-state index >= 15 is 0 Å². The molecule has 1 heterocycles. The summed E-state index contributed by atoms with van der Waals surface area (Å²) in [7, 11) is 0.